The maximum atomic E-state index is 13.6. The van der Waals surface area contributed by atoms with E-state index < -0.39 is 29.3 Å². The molecule has 2 amide bonds. The van der Waals surface area contributed by atoms with Gasteiger partial charge in [0.25, 0.3) is 5.91 Å². The van der Waals surface area contributed by atoms with Crippen LogP contribution in [0.25, 0.3) is 5.69 Å². The highest BCUT2D eigenvalue weighted by atomic mass is 19.4. The molecule has 0 saturated heterocycles. The standard InChI is InChI=1S/C22H25F3N4O4/c1-2-33-21(32)17-13-28-29(18(17)22(23,24)25)16-9-7-15(8-10-16)20(31)27-12-11-26-19(30)14-5-3-4-6-14/h7-10,13-14H,2-6,11-12H2,1H3,(H,26,30)(H,27,31). The van der Waals surface area contributed by atoms with Crippen molar-refractivity contribution in [2.75, 3.05) is 19.7 Å². The number of aromatic nitrogens is 2. The van der Waals surface area contributed by atoms with Crippen molar-refractivity contribution in [1.82, 2.24) is 20.4 Å². The molecule has 1 aliphatic rings. The molecule has 1 aromatic heterocycles. The topological polar surface area (TPSA) is 102 Å². The van der Waals surface area contributed by atoms with Gasteiger partial charge in [0.05, 0.1) is 18.5 Å². The van der Waals surface area contributed by atoms with E-state index in [4.69, 9.17) is 0 Å². The fourth-order valence-corrected chi connectivity index (χ4v) is 3.73. The second-order valence-corrected chi connectivity index (χ2v) is 7.61. The summed E-state index contributed by atoms with van der Waals surface area (Å²) < 4.78 is 46.1. The van der Waals surface area contributed by atoms with Crippen molar-refractivity contribution in [3.8, 4) is 5.69 Å². The van der Waals surface area contributed by atoms with E-state index in [0.29, 0.717) is 4.68 Å². The van der Waals surface area contributed by atoms with Crippen LogP contribution in [-0.4, -0.2) is 47.3 Å². The minimum atomic E-state index is -4.85. The van der Waals surface area contributed by atoms with E-state index in [1.807, 2.05) is 0 Å². The molecule has 8 nitrogen and oxygen atoms in total. The molecule has 3 rings (SSSR count). The van der Waals surface area contributed by atoms with Gasteiger partial charge in [0, 0.05) is 24.6 Å². The van der Waals surface area contributed by atoms with Crippen molar-refractivity contribution in [1.29, 1.82) is 0 Å². The lowest BCUT2D eigenvalue weighted by Crippen LogP contribution is -2.37. The molecule has 178 valence electrons. The Morgan fingerprint density at radius 1 is 1.09 bits per heavy atom. The number of carbonyl (C=O) groups is 3. The summed E-state index contributed by atoms with van der Waals surface area (Å²) in [5, 5.41) is 9.14. The second-order valence-electron chi connectivity index (χ2n) is 7.61. The number of alkyl halides is 3. The van der Waals surface area contributed by atoms with E-state index in [1.54, 1.807) is 0 Å². The first-order valence-electron chi connectivity index (χ1n) is 10.7. The Morgan fingerprint density at radius 2 is 1.73 bits per heavy atom. The maximum Gasteiger partial charge on any atom is 0.434 e. The number of nitrogens with one attached hydrogen (secondary N) is 2. The van der Waals surface area contributed by atoms with Crippen molar-refractivity contribution in [3.05, 3.63) is 47.3 Å². The average molecular weight is 466 g/mol. The van der Waals surface area contributed by atoms with Crippen molar-refractivity contribution in [2.45, 2.75) is 38.8 Å². The van der Waals surface area contributed by atoms with Gasteiger partial charge in [0.2, 0.25) is 5.91 Å². The fraction of sp³-hybridized carbons (Fsp3) is 0.455. The lowest BCUT2D eigenvalue weighted by molar-refractivity contribution is -0.143. The number of carbonyl (C=O) groups excluding carboxylic acids is 3. The molecule has 0 aliphatic heterocycles. The summed E-state index contributed by atoms with van der Waals surface area (Å²) in [6.45, 7) is 1.93. The Labute approximate surface area is 188 Å². The van der Waals surface area contributed by atoms with Crippen LogP contribution in [0.3, 0.4) is 0 Å². The van der Waals surface area contributed by atoms with E-state index >= 15 is 0 Å². The summed E-state index contributed by atoms with van der Waals surface area (Å²) in [5.74, 6) is -1.51. The Balaban J connectivity index is 1.63. The molecule has 0 bridgehead atoms. The van der Waals surface area contributed by atoms with Crippen molar-refractivity contribution < 1.29 is 32.3 Å². The minimum absolute atomic E-state index is 0.00650. The molecule has 0 spiro atoms. The van der Waals surface area contributed by atoms with Crippen LogP contribution in [0, 0.1) is 5.92 Å². The van der Waals surface area contributed by atoms with Gasteiger partial charge in [-0.05, 0) is 44.0 Å². The van der Waals surface area contributed by atoms with E-state index in [2.05, 4.69) is 20.5 Å². The molecule has 0 unspecified atom stereocenters. The third kappa shape index (κ3) is 5.91. The first kappa shape index (κ1) is 24.3. The molecule has 2 N–H and O–H groups in total. The number of nitrogens with zero attached hydrogens (tertiary/aromatic N) is 2. The molecule has 1 fully saturated rings. The van der Waals surface area contributed by atoms with Gasteiger partial charge < -0.3 is 15.4 Å². The molecule has 1 heterocycles. The highest BCUT2D eigenvalue weighted by molar-refractivity contribution is 5.94. The first-order chi connectivity index (χ1) is 15.7. The summed E-state index contributed by atoms with van der Waals surface area (Å²) in [6, 6.07) is 5.31. The molecular weight excluding hydrogens is 441 g/mol. The largest absolute Gasteiger partial charge is 0.462 e. The van der Waals surface area contributed by atoms with E-state index in [-0.39, 0.29) is 42.8 Å². The molecule has 1 aliphatic carbocycles. The third-order valence-corrected chi connectivity index (χ3v) is 5.34. The summed E-state index contributed by atoms with van der Waals surface area (Å²) in [5.41, 5.74) is -1.69. The van der Waals surface area contributed by atoms with Crippen LogP contribution in [0.2, 0.25) is 0 Å². The molecule has 1 saturated carbocycles. The molecule has 2 aromatic rings. The van der Waals surface area contributed by atoms with Gasteiger partial charge in [-0.1, -0.05) is 12.8 Å². The fourth-order valence-electron chi connectivity index (χ4n) is 3.73. The minimum Gasteiger partial charge on any atom is -0.462 e. The van der Waals surface area contributed by atoms with Crippen LogP contribution in [0.5, 0.6) is 0 Å². The number of rotatable bonds is 8. The van der Waals surface area contributed by atoms with E-state index in [9.17, 15) is 27.6 Å². The van der Waals surface area contributed by atoms with Crippen molar-refractivity contribution >= 4 is 17.8 Å². The van der Waals surface area contributed by atoms with Gasteiger partial charge in [0.1, 0.15) is 5.56 Å². The summed E-state index contributed by atoms with van der Waals surface area (Å²) >= 11 is 0. The lowest BCUT2D eigenvalue weighted by Gasteiger charge is -2.13. The molecule has 11 heteroatoms. The van der Waals surface area contributed by atoms with Gasteiger partial charge in [0.15, 0.2) is 5.69 Å². The van der Waals surface area contributed by atoms with Crippen LogP contribution >= 0.6 is 0 Å². The highest BCUT2D eigenvalue weighted by Gasteiger charge is 2.41. The van der Waals surface area contributed by atoms with Gasteiger partial charge in [-0.2, -0.15) is 18.3 Å². The number of esters is 1. The highest BCUT2D eigenvalue weighted by Crippen LogP contribution is 2.34. The summed E-state index contributed by atoms with van der Waals surface area (Å²) in [4.78, 5) is 36.2. The van der Waals surface area contributed by atoms with Crippen LogP contribution in [0.1, 0.15) is 59.0 Å². The number of benzene rings is 1. The molecule has 0 atom stereocenters. The third-order valence-electron chi connectivity index (χ3n) is 5.34. The SMILES string of the molecule is CCOC(=O)c1cnn(-c2ccc(C(=O)NCCNC(=O)C3CCCC3)cc2)c1C(F)(F)F. The molecule has 33 heavy (non-hydrogen) atoms. The maximum absolute atomic E-state index is 13.6. The molecular formula is C22H25F3N4O4. The Kier molecular flexibility index (Phi) is 7.72. The van der Waals surface area contributed by atoms with E-state index in [0.717, 1.165) is 31.9 Å². The van der Waals surface area contributed by atoms with E-state index in [1.165, 1.54) is 31.2 Å². The van der Waals surface area contributed by atoms with Crippen LogP contribution < -0.4 is 10.6 Å². The predicted molar refractivity (Wildman–Crippen MR) is 112 cm³/mol. The zero-order chi connectivity index (χ0) is 24.0. The Bertz CT molecular complexity index is 996. The summed E-state index contributed by atoms with van der Waals surface area (Å²) in [7, 11) is 0. The van der Waals surface area contributed by atoms with Gasteiger partial charge in [-0.25, -0.2) is 9.48 Å². The first-order valence-corrected chi connectivity index (χ1v) is 10.7. The number of halogens is 3. The number of amides is 2. The van der Waals surface area contributed by atoms with Crippen molar-refractivity contribution in [3.63, 3.8) is 0 Å². The number of hydrogen-bond acceptors (Lipinski definition) is 5. The predicted octanol–water partition coefficient (Wildman–Crippen LogP) is 3.10. The number of ether oxygens (including phenoxy) is 1. The van der Waals surface area contributed by atoms with Gasteiger partial charge in [-0.15, -0.1) is 0 Å². The zero-order valence-electron chi connectivity index (χ0n) is 18.1. The lowest BCUT2D eigenvalue weighted by atomic mass is 10.1. The Morgan fingerprint density at radius 3 is 2.33 bits per heavy atom. The quantitative estimate of drug-likeness (QED) is 0.460. The average Bonchev–Trinajstić information content (AvgIpc) is 3.47. The van der Waals surface area contributed by atoms with Crippen molar-refractivity contribution in [2.24, 2.45) is 5.92 Å². The Hall–Kier alpha value is -3.37. The smallest absolute Gasteiger partial charge is 0.434 e. The van der Waals surface area contributed by atoms with Gasteiger partial charge in [-0.3, -0.25) is 9.59 Å². The monoisotopic (exact) mass is 466 g/mol. The second kappa shape index (κ2) is 10.5. The normalized spacial score (nSPS) is 14.2. The number of hydrogen-bond donors (Lipinski definition) is 2. The van der Waals surface area contributed by atoms with Crippen LogP contribution in [-0.2, 0) is 15.7 Å². The van der Waals surface area contributed by atoms with Gasteiger partial charge >= 0.3 is 12.1 Å². The summed E-state index contributed by atoms with van der Waals surface area (Å²) in [6.07, 6.45) is -0.162. The molecule has 0 radical (unpaired) electrons. The van der Waals surface area contributed by atoms with Crippen LogP contribution in [0.4, 0.5) is 13.2 Å². The molecule has 1 aromatic carbocycles. The zero-order valence-corrected chi connectivity index (χ0v) is 18.1. The van der Waals surface area contributed by atoms with Crippen LogP contribution in [0.15, 0.2) is 30.5 Å².